The molecule has 0 amide bonds. The average molecular weight is 359 g/mol. The minimum atomic E-state index is -0.955. The minimum Gasteiger partial charge on any atom is -0.480 e. The number of aliphatic hydroxyl groups excluding tert-OH is 1. The summed E-state index contributed by atoms with van der Waals surface area (Å²) in [5.74, 6) is -0.955. The smallest absolute Gasteiger partial charge is 0.321 e. The molecular weight excluding hydrogens is 340 g/mol. The molecule has 2 aromatic carbocycles. The van der Waals surface area contributed by atoms with Crippen LogP contribution in [0.15, 0.2) is 54.7 Å². The molecule has 0 bridgehead atoms. The van der Waals surface area contributed by atoms with Crippen molar-refractivity contribution in [2.45, 2.75) is 18.6 Å². The Morgan fingerprint density at radius 1 is 1.20 bits per heavy atom. The Kier molecular flexibility index (Phi) is 5.38. The van der Waals surface area contributed by atoms with Gasteiger partial charge in [-0.05, 0) is 29.3 Å². The number of benzene rings is 2. The lowest BCUT2D eigenvalue weighted by Crippen LogP contribution is -2.40. The summed E-state index contributed by atoms with van der Waals surface area (Å²) in [6.07, 6.45) is 1.32. The van der Waals surface area contributed by atoms with Gasteiger partial charge in [-0.15, -0.1) is 0 Å². The molecule has 5 nitrogen and oxygen atoms in total. The van der Waals surface area contributed by atoms with Crippen LogP contribution in [-0.2, 0) is 11.2 Å². The Bertz CT molecular complexity index is 878. The molecule has 0 spiro atoms. The second-order valence-corrected chi connectivity index (χ2v) is 6.37. The van der Waals surface area contributed by atoms with Crippen LogP contribution in [-0.4, -0.2) is 33.8 Å². The zero-order valence-corrected chi connectivity index (χ0v) is 14.2. The van der Waals surface area contributed by atoms with Crippen molar-refractivity contribution in [3.63, 3.8) is 0 Å². The Hall–Kier alpha value is -2.34. The Morgan fingerprint density at radius 3 is 2.76 bits per heavy atom. The van der Waals surface area contributed by atoms with E-state index in [0.717, 1.165) is 16.5 Å². The lowest BCUT2D eigenvalue weighted by Gasteiger charge is -2.18. The highest BCUT2D eigenvalue weighted by Crippen LogP contribution is 2.20. The number of aromatic nitrogens is 1. The highest BCUT2D eigenvalue weighted by atomic mass is 35.5. The van der Waals surface area contributed by atoms with Crippen molar-refractivity contribution in [3.05, 3.63) is 70.9 Å². The third-order valence-corrected chi connectivity index (χ3v) is 4.42. The number of hydrogen-bond donors (Lipinski definition) is 4. The van der Waals surface area contributed by atoms with Gasteiger partial charge in [0.1, 0.15) is 6.04 Å². The number of H-pyrrole nitrogens is 1. The van der Waals surface area contributed by atoms with Gasteiger partial charge in [-0.2, -0.15) is 0 Å². The first-order chi connectivity index (χ1) is 12.0. The van der Waals surface area contributed by atoms with Gasteiger partial charge in [-0.3, -0.25) is 4.79 Å². The Balaban J connectivity index is 1.68. The molecule has 1 unspecified atom stereocenters. The van der Waals surface area contributed by atoms with E-state index in [1.165, 1.54) is 0 Å². The van der Waals surface area contributed by atoms with Crippen LogP contribution in [0.2, 0.25) is 5.02 Å². The average Bonchev–Trinajstić information content (AvgIpc) is 3.01. The Morgan fingerprint density at radius 2 is 2.00 bits per heavy atom. The van der Waals surface area contributed by atoms with Gasteiger partial charge in [0, 0.05) is 35.1 Å². The van der Waals surface area contributed by atoms with Crippen molar-refractivity contribution in [2.24, 2.45) is 0 Å². The summed E-state index contributed by atoms with van der Waals surface area (Å²) in [5.41, 5.74) is 2.55. The van der Waals surface area contributed by atoms with E-state index in [9.17, 15) is 15.0 Å². The summed E-state index contributed by atoms with van der Waals surface area (Å²) in [6, 6.07) is 13.9. The summed E-state index contributed by atoms with van der Waals surface area (Å²) >= 11 is 5.92. The van der Waals surface area contributed by atoms with Gasteiger partial charge in [-0.1, -0.05) is 41.9 Å². The molecule has 130 valence electrons. The van der Waals surface area contributed by atoms with E-state index in [1.807, 2.05) is 30.5 Å². The number of carboxylic acids is 1. The lowest BCUT2D eigenvalue weighted by atomic mass is 10.0. The van der Waals surface area contributed by atoms with Crippen LogP contribution >= 0.6 is 11.6 Å². The number of carbonyl (C=O) groups is 1. The maximum absolute atomic E-state index is 11.6. The molecule has 6 heteroatoms. The van der Waals surface area contributed by atoms with E-state index < -0.39 is 18.1 Å². The molecule has 0 saturated carbocycles. The van der Waals surface area contributed by atoms with Gasteiger partial charge in [0.15, 0.2) is 0 Å². The fourth-order valence-corrected chi connectivity index (χ4v) is 3.05. The summed E-state index contributed by atoms with van der Waals surface area (Å²) in [7, 11) is 0. The summed E-state index contributed by atoms with van der Waals surface area (Å²) in [5, 5.41) is 24.2. The number of aliphatic carboxylic acids is 1. The molecule has 0 aliphatic heterocycles. The van der Waals surface area contributed by atoms with Gasteiger partial charge in [0.05, 0.1) is 6.10 Å². The highest BCUT2D eigenvalue weighted by molar-refractivity contribution is 6.30. The van der Waals surface area contributed by atoms with Crippen LogP contribution in [0.4, 0.5) is 0 Å². The predicted octanol–water partition coefficient (Wildman–Crippen LogP) is 3.14. The van der Waals surface area contributed by atoms with E-state index in [4.69, 9.17) is 11.6 Å². The zero-order valence-electron chi connectivity index (χ0n) is 13.4. The molecule has 3 rings (SSSR count). The second-order valence-electron chi connectivity index (χ2n) is 5.93. The molecule has 4 N–H and O–H groups in total. The first-order valence-corrected chi connectivity index (χ1v) is 8.37. The minimum absolute atomic E-state index is 0.125. The van der Waals surface area contributed by atoms with Crippen LogP contribution in [0, 0.1) is 0 Å². The van der Waals surface area contributed by atoms with E-state index in [-0.39, 0.29) is 6.54 Å². The monoisotopic (exact) mass is 358 g/mol. The highest BCUT2D eigenvalue weighted by Gasteiger charge is 2.21. The summed E-state index contributed by atoms with van der Waals surface area (Å²) < 4.78 is 0. The van der Waals surface area contributed by atoms with Crippen LogP contribution in [0.1, 0.15) is 17.2 Å². The van der Waals surface area contributed by atoms with Crippen molar-refractivity contribution in [1.82, 2.24) is 10.3 Å². The number of nitrogens with one attached hydrogen (secondary N) is 2. The largest absolute Gasteiger partial charge is 0.480 e. The molecule has 0 fully saturated rings. The first-order valence-electron chi connectivity index (χ1n) is 7.99. The first kappa shape index (κ1) is 17.5. The van der Waals surface area contributed by atoms with Gasteiger partial charge in [0.2, 0.25) is 0 Å². The van der Waals surface area contributed by atoms with Gasteiger partial charge in [0.25, 0.3) is 0 Å². The van der Waals surface area contributed by atoms with Crippen molar-refractivity contribution in [3.8, 4) is 0 Å². The number of rotatable bonds is 7. The second kappa shape index (κ2) is 7.70. The SMILES string of the molecule is O=C(O)[C@@H](Cc1c[nH]c2ccccc12)NCC(O)c1cccc(Cl)c1. The van der Waals surface area contributed by atoms with Gasteiger partial charge >= 0.3 is 5.97 Å². The third-order valence-electron chi connectivity index (χ3n) is 4.19. The Labute approximate surface area is 150 Å². The van der Waals surface area contributed by atoms with Crippen molar-refractivity contribution in [2.75, 3.05) is 6.54 Å². The summed E-state index contributed by atoms with van der Waals surface area (Å²) in [4.78, 5) is 14.7. The molecule has 0 radical (unpaired) electrons. The van der Waals surface area contributed by atoms with Crippen LogP contribution in [0.25, 0.3) is 10.9 Å². The van der Waals surface area contributed by atoms with E-state index in [1.54, 1.807) is 24.3 Å². The maximum Gasteiger partial charge on any atom is 0.321 e. The normalized spacial score (nSPS) is 13.7. The number of carboxylic acid groups (broad SMARTS) is 1. The number of aliphatic hydroxyl groups is 1. The lowest BCUT2D eigenvalue weighted by molar-refractivity contribution is -0.139. The molecule has 0 aliphatic carbocycles. The molecule has 1 aromatic heterocycles. The molecule has 3 aromatic rings. The van der Waals surface area contributed by atoms with E-state index in [2.05, 4.69) is 10.3 Å². The zero-order chi connectivity index (χ0) is 17.8. The van der Waals surface area contributed by atoms with E-state index >= 15 is 0 Å². The van der Waals surface area contributed by atoms with Crippen LogP contribution < -0.4 is 5.32 Å². The van der Waals surface area contributed by atoms with E-state index in [0.29, 0.717) is 17.0 Å². The number of aromatic amines is 1. The fourth-order valence-electron chi connectivity index (χ4n) is 2.85. The van der Waals surface area contributed by atoms with Gasteiger partial charge in [-0.25, -0.2) is 0 Å². The molecule has 0 aliphatic rings. The molecule has 1 heterocycles. The maximum atomic E-state index is 11.6. The number of halogens is 1. The van der Waals surface area contributed by atoms with Crippen molar-refractivity contribution >= 4 is 28.5 Å². The number of para-hydroxylation sites is 1. The molecule has 0 saturated heterocycles. The van der Waals surface area contributed by atoms with Crippen molar-refractivity contribution in [1.29, 1.82) is 0 Å². The van der Waals surface area contributed by atoms with Crippen LogP contribution in [0.5, 0.6) is 0 Å². The number of hydrogen-bond acceptors (Lipinski definition) is 3. The molecular formula is C19H19ClN2O3. The number of fused-ring (bicyclic) bond motifs is 1. The fraction of sp³-hybridized carbons (Fsp3) is 0.211. The molecule has 25 heavy (non-hydrogen) atoms. The predicted molar refractivity (Wildman–Crippen MR) is 97.8 cm³/mol. The summed E-state index contributed by atoms with van der Waals surface area (Å²) in [6.45, 7) is 0.125. The standard InChI is InChI=1S/C19H19ClN2O3/c20-14-5-3-4-12(8-14)18(23)11-22-17(19(24)25)9-13-10-21-16-7-2-1-6-15(13)16/h1-8,10,17-18,21-23H,9,11H2,(H,24,25)/t17-,18?/m1/s1. The third kappa shape index (κ3) is 4.20. The van der Waals surface area contributed by atoms with Crippen molar-refractivity contribution < 1.29 is 15.0 Å². The molecule has 2 atom stereocenters. The topological polar surface area (TPSA) is 85.3 Å². The quantitative estimate of drug-likeness (QED) is 0.522. The van der Waals surface area contributed by atoms with Gasteiger partial charge < -0.3 is 20.5 Å². The van der Waals surface area contributed by atoms with Crippen LogP contribution in [0.3, 0.4) is 0 Å².